The second-order valence-corrected chi connectivity index (χ2v) is 17.7. The van der Waals surface area contributed by atoms with Crippen molar-refractivity contribution in [2.45, 2.75) is 0 Å². The molecule has 0 bridgehead atoms. The lowest BCUT2D eigenvalue weighted by atomic mass is 9.94. The van der Waals surface area contributed by atoms with Gasteiger partial charge in [-0.2, -0.15) is 0 Å². The van der Waals surface area contributed by atoms with Gasteiger partial charge < -0.3 is 9.47 Å². The zero-order valence-electron chi connectivity index (χ0n) is 37.3. The van der Waals surface area contributed by atoms with E-state index in [-0.39, 0.29) is 0 Å². The summed E-state index contributed by atoms with van der Waals surface area (Å²) in [6, 6.07) is 97.4. The molecule has 0 atom stereocenters. The van der Waals surface area contributed by atoms with Crippen LogP contribution in [-0.2, 0) is 0 Å². The first kappa shape index (κ1) is 39.4. The van der Waals surface area contributed by atoms with E-state index >= 15 is 0 Å². The van der Waals surface area contributed by atoms with Crippen LogP contribution in [-0.4, -0.2) is 4.57 Å². The molecule has 12 aromatic carbocycles. The molecule has 0 saturated heterocycles. The molecule has 0 aliphatic heterocycles. The van der Waals surface area contributed by atoms with Gasteiger partial charge in [0.15, 0.2) is 0 Å². The molecule has 2 heteroatoms. The van der Waals surface area contributed by atoms with Crippen LogP contribution in [0.5, 0.6) is 0 Å². The second-order valence-electron chi connectivity index (χ2n) is 17.7. The molecule has 0 fully saturated rings. The number of hydrogen-bond donors (Lipinski definition) is 0. The third-order valence-electron chi connectivity index (χ3n) is 13.8. The maximum absolute atomic E-state index is 2.44. The maximum atomic E-state index is 2.44. The average molecular weight is 865 g/mol. The van der Waals surface area contributed by atoms with E-state index in [1.54, 1.807) is 0 Å². The Kier molecular flexibility index (Phi) is 9.54. The molecular weight excluding hydrogens is 821 g/mol. The summed E-state index contributed by atoms with van der Waals surface area (Å²) in [5, 5.41) is 9.97. The van der Waals surface area contributed by atoms with Gasteiger partial charge in [0.1, 0.15) is 0 Å². The highest BCUT2D eigenvalue weighted by molar-refractivity contribution is 6.19. The van der Waals surface area contributed by atoms with E-state index in [2.05, 4.69) is 276 Å². The van der Waals surface area contributed by atoms with Crippen molar-refractivity contribution in [3.8, 4) is 50.2 Å². The number of para-hydroxylation sites is 1. The van der Waals surface area contributed by atoms with Crippen LogP contribution in [0.25, 0.3) is 104 Å². The molecule has 0 spiro atoms. The summed E-state index contributed by atoms with van der Waals surface area (Å²) in [5.74, 6) is 0. The highest BCUT2D eigenvalue weighted by Gasteiger charge is 2.18. The fourth-order valence-corrected chi connectivity index (χ4v) is 10.4. The summed E-state index contributed by atoms with van der Waals surface area (Å²) in [6.07, 6.45) is 0. The number of nitrogens with zero attached hydrogens (tertiary/aromatic N) is 2. The largest absolute Gasteiger partial charge is 0.311 e. The standard InChI is InChI=1S/C66H44N2/c1-3-13-45(14-4-1)52-26-25-49-18-12-24-60(64(49)43-52)51-31-39-57(40-32-51)67(56-37-29-50(30-38-56)59-23-11-17-47-15-7-9-21-58(47)59)55-35-27-46(28-36-55)53-34-41-62-63-42-33-48-16-8-10-22-61(48)66(63)68(65(62)44-53)54-19-5-2-6-20-54/h1-44H. The van der Waals surface area contributed by atoms with E-state index in [4.69, 9.17) is 0 Å². The van der Waals surface area contributed by atoms with E-state index in [0.717, 1.165) is 28.3 Å². The summed E-state index contributed by atoms with van der Waals surface area (Å²) in [7, 11) is 0. The predicted octanol–water partition coefficient (Wildman–Crippen LogP) is 18.4. The molecule has 0 amide bonds. The number of anilines is 3. The van der Waals surface area contributed by atoms with Crippen LogP contribution in [0.3, 0.4) is 0 Å². The molecule has 13 rings (SSSR count). The van der Waals surface area contributed by atoms with Gasteiger partial charge >= 0.3 is 0 Å². The fraction of sp³-hybridized carbons (Fsp3) is 0. The maximum Gasteiger partial charge on any atom is 0.0619 e. The number of rotatable bonds is 8. The molecule has 2 nitrogen and oxygen atoms in total. The smallest absolute Gasteiger partial charge is 0.0619 e. The minimum absolute atomic E-state index is 1.09. The van der Waals surface area contributed by atoms with Crippen molar-refractivity contribution in [3.63, 3.8) is 0 Å². The number of hydrogen-bond acceptors (Lipinski definition) is 1. The van der Waals surface area contributed by atoms with Crippen molar-refractivity contribution in [1.29, 1.82) is 0 Å². The molecule has 0 unspecified atom stereocenters. The number of benzene rings is 12. The first-order valence-corrected chi connectivity index (χ1v) is 23.4. The molecule has 1 heterocycles. The Morgan fingerprint density at radius 1 is 0.250 bits per heavy atom. The molecular formula is C66H44N2. The summed E-state index contributed by atoms with van der Waals surface area (Å²) in [6.45, 7) is 0. The van der Waals surface area contributed by atoms with E-state index < -0.39 is 0 Å². The Balaban J connectivity index is 0.908. The van der Waals surface area contributed by atoms with Crippen molar-refractivity contribution in [2.75, 3.05) is 4.90 Å². The van der Waals surface area contributed by atoms with Crippen LogP contribution in [0.4, 0.5) is 17.1 Å². The van der Waals surface area contributed by atoms with E-state index in [9.17, 15) is 0 Å². The zero-order valence-corrected chi connectivity index (χ0v) is 37.3. The Morgan fingerprint density at radius 3 is 1.35 bits per heavy atom. The quantitative estimate of drug-likeness (QED) is 0.148. The van der Waals surface area contributed by atoms with Crippen molar-refractivity contribution in [3.05, 3.63) is 267 Å². The summed E-state index contributed by atoms with van der Waals surface area (Å²) in [4.78, 5) is 2.37. The Morgan fingerprint density at radius 2 is 0.691 bits per heavy atom. The molecule has 0 aliphatic rings. The molecule has 0 saturated carbocycles. The molecule has 318 valence electrons. The normalized spacial score (nSPS) is 11.5. The van der Waals surface area contributed by atoms with Gasteiger partial charge in [-0.3, -0.25) is 0 Å². The van der Waals surface area contributed by atoms with Gasteiger partial charge in [0.25, 0.3) is 0 Å². The Hall–Kier alpha value is -8.98. The highest BCUT2D eigenvalue weighted by Crippen LogP contribution is 2.42. The SMILES string of the molecule is c1ccc(-c2ccc3cccc(-c4ccc(N(c5ccc(-c6ccc7c8ccc9ccccc9c8n(-c8ccccc8)c7c6)cc5)c5ccc(-c6cccc7ccccc67)cc5)cc4)c3c2)cc1. The Labute approximate surface area is 395 Å². The minimum atomic E-state index is 1.09. The third-order valence-corrected chi connectivity index (χ3v) is 13.8. The van der Waals surface area contributed by atoms with Crippen LogP contribution in [0.2, 0.25) is 0 Å². The van der Waals surface area contributed by atoms with E-state index in [1.807, 2.05) is 0 Å². The summed E-state index contributed by atoms with van der Waals surface area (Å²) >= 11 is 0. The molecule has 0 radical (unpaired) electrons. The molecule has 1 aromatic heterocycles. The summed E-state index contributed by atoms with van der Waals surface area (Å²) in [5.41, 5.74) is 16.5. The monoisotopic (exact) mass is 864 g/mol. The van der Waals surface area contributed by atoms with Crippen LogP contribution in [0, 0.1) is 0 Å². The van der Waals surface area contributed by atoms with Gasteiger partial charge in [-0.05, 0) is 132 Å². The number of aromatic nitrogens is 1. The first-order chi connectivity index (χ1) is 33.7. The average Bonchev–Trinajstić information content (AvgIpc) is 3.76. The first-order valence-electron chi connectivity index (χ1n) is 23.4. The predicted molar refractivity (Wildman–Crippen MR) is 290 cm³/mol. The van der Waals surface area contributed by atoms with E-state index in [1.165, 1.54) is 93.1 Å². The second kappa shape index (κ2) is 16.5. The van der Waals surface area contributed by atoms with Crippen LogP contribution < -0.4 is 4.90 Å². The van der Waals surface area contributed by atoms with Crippen LogP contribution in [0.1, 0.15) is 0 Å². The lowest BCUT2D eigenvalue weighted by molar-refractivity contribution is 1.19. The van der Waals surface area contributed by atoms with Crippen molar-refractivity contribution < 1.29 is 0 Å². The molecule has 0 aliphatic carbocycles. The minimum Gasteiger partial charge on any atom is -0.311 e. The van der Waals surface area contributed by atoms with E-state index in [0.29, 0.717) is 0 Å². The highest BCUT2D eigenvalue weighted by atomic mass is 15.1. The van der Waals surface area contributed by atoms with Gasteiger partial charge in [0.2, 0.25) is 0 Å². The van der Waals surface area contributed by atoms with Gasteiger partial charge in [-0.25, -0.2) is 0 Å². The molecule has 68 heavy (non-hydrogen) atoms. The number of fused-ring (bicyclic) bond motifs is 7. The van der Waals surface area contributed by atoms with Gasteiger partial charge in [0.05, 0.1) is 11.0 Å². The van der Waals surface area contributed by atoms with Crippen LogP contribution in [0.15, 0.2) is 267 Å². The van der Waals surface area contributed by atoms with Gasteiger partial charge in [0, 0.05) is 38.9 Å². The zero-order chi connectivity index (χ0) is 45.0. The van der Waals surface area contributed by atoms with Gasteiger partial charge in [-0.1, -0.05) is 206 Å². The van der Waals surface area contributed by atoms with Crippen LogP contribution >= 0.6 is 0 Å². The van der Waals surface area contributed by atoms with Crippen molar-refractivity contribution >= 4 is 71.2 Å². The topological polar surface area (TPSA) is 8.17 Å². The molecule has 13 aromatic rings. The Bertz CT molecular complexity index is 3980. The molecule has 0 N–H and O–H groups in total. The van der Waals surface area contributed by atoms with Gasteiger partial charge in [-0.15, -0.1) is 0 Å². The summed E-state index contributed by atoms with van der Waals surface area (Å²) < 4.78 is 2.44. The van der Waals surface area contributed by atoms with Crippen molar-refractivity contribution in [1.82, 2.24) is 4.57 Å². The van der Waals surface area contributed by atoms with Crippen molar-refractivity contribution in [2.24, 2.45) is 0 Å². The third kappa shape index (κ3) is 6.82. The fourth-order valence-electron chi connectivity index (χ4n) is 10.4. The lowest BCUT2D eigenvalue weighted by Gasteiger charge is -2.26. The lowest BCUT2D eigenvalue weighted by Crippen LogP contribution is -2.09.